The Morgan fingerprint density at radius 2 is 1.91 bits per heavy atom. The first-order valence-corrected chi connectivity index (χ1v) is 9.28. The van der Waals surface area contributed by atoms with Crippen LogP contribution in [0.5, 0.6) is 0 Å². The highest BCUT2D eigenvalue weighted by atomic mass is 127. The quantitative estimate of drug-likeness (QED) is 0.340. The number of hydrogen-bond acceptors (Lipinski definition) is 3. The van der Waals surface area contributed by atoms with Gasteiger partial charge in [-0.25, -0.2) is 8.42 Å². The van der Waals surface area contributed by atoms with Gasteiger partial charge in [0.25, 0.3) is 0 Å². The van der Waals surface area contributed by atoms with Gasteiger partial charge in [-0.2, -0.15) is 0 Å². The molecule has 0 saturated carbocycles. The Kier molecular flexibility index (Phi) is 10.3. The molecule has 0 radical (unpaired) electrons. The molecule has 126 valence electrons. The van der Waals surface area contributed by atoms with Crippen LogP contribution in [0.3, 0.4) is 0 Å². The number of nitrogens with one attached hydrogen (secondary N) is 1. The summed E-state index contributed by atoms with van der Waals surface area (Å²) in [6.07, 6.45) is 0.958. The first-order valence-electron chi connectivity index (χ1n) is 6.83. The third-order valence-corrected chi connectivity index (χ3v) is 5.10. The number of halogens is 2. The van der Waals surface area contributed by atoms with Crippen LogP contribution >= 0.6 is 39.9 Å². The van der Waals surface area contributed by atoms with Gasteiger partial charge < -0.3 is 11.1 Å². The minimum absolute atomic E-state index is 0. The van der Waals surface area contributed by atoms with Crippen LogP contribution in [0, 0.1) is 5.92 Å². The molecule has 0 fully saturated rings. The van der Waals surface area contributed by atoms with Crippen LogP contribution in [0.25, 0.3) is 0 Å². The largest absolute Gasteiger partial charge is 0.370 e. The Hall–Kier alpha value is -0.350. The topological polar surface area (TPSA) is 84.5 Å². The predicted molar refractivity (Wildman–Crippen MR) is 106 cm³/mol. The molecule has 5 nitrogen and oxygen atoms in total. The summed E-state index contributed by atoms with van der Waals surface area (Å²) in [5.41, 5.74) is 5.69. The van der Waals surface area contributed by atoms with Gasteiger partial charge >= 0.3 is 0 Å². The highest BCUT2D eigenvalue weighted by Crippen LogP contribution is 2.15. The fourth-order valence-electron chi connectivity index (χ4n) is 1.57. The van der Waals surface area contributed by atoms with E-state index in [4.69, 9.17) is 5.73 Å². The third-order valence-electron chi connectivity index (χ3n) is 2.84. The number of nitrogens with two attached hydrogens (primary N) is 1. The van der Waals surface area contributed by atoms with Gasteiger partial charge in [-0.3, -0.25) is 4.99 Å². The Balaban J connectivity index is 0.00000441. The van der Waals surface area contributed by atoms with Crippen LogP contribution in [-0.4, -0.2) is 33.2 Å². The number of rotatable bonds is 7. The zero-order chi connectivity index (χ0) is 15.9. The number of guanidine groups is 1. The number of hydrogen-bond donors (Lipinski definition) is 2. The highest BCUT2D eigenvalue weighted by molar-refractivity contribution is 14.0. The fraction of sp³-hybridized carbons (Fsp3) is 0.500. The molecule has 3 N–H and O–H groups in total. The molecule has 0 saturated heterocycles. The van der Waals surface area contributed by atoms with Crippen molar-refractivity contribution in [3.63, 3.8) is 0 Å². The van der Waals surface area contributed by atoms with E-state index in [1.54, 1.807) is 24.3 Å². The zero-order valence-electron chi connectivity index (χ0n) is 12.8. The minimum Gasteiger partial charge on any atom is -0.370 e. The normalized spacial score (nSPS) is 12.1. The van der Waals surface area contributed by atoms with Crippen LogP contribution < -0.4 is 11.1 Å². The van der Waals surface area contributed by atoms with Crippen molar-refractivity contribution in [1.82, 2.24) is 5.32 Å². The van der Waals surface area contributed by atoms with Crippen LogP contribution in [0.1, 0.15) is 20.3 Å². The zero-order valence-corrected chi connectivity index (χ0v) is 17.5. The van der Waals surface area contributed by atoms with E-state index in [2.05, 4.69) is 40.1 Å². The second-order valence-electron chi connectivity index (χ2n) is 5.15. The van der Waals surface area contributed by atoms with Crippen molar-refractivity contribution in [3.8, 4) is 0 Å². The van der Waals surface area contributed by atoms with Crippen LogP contribution in [0.4, 0.5) is 0 Å². The van der Waals surface area contributed by atoms with E-state index in [0.29, 0.717) is 23.3 Å². The van der Waals surface area contributed by atoms with Gasteiger partial charge in [0, 0.05) is 17.6 Å². The van der Waals surface area contributed by atoms with E-state index < -0.39 is 9.84 Å². The lowest BCUT2D eigenvalue weighted by Gasteiger charge is -2.07. The molecule has 0 unspecified atom stereocenters. The molecule has 0 heterocycles. The standard InChI is InChI=1S/C14H22BrN3O2S.HI/c1-11(2)7-8-17-14(16)18-9-10-21(19,20)13-5-3-12(15)4-6-13;/h3-6,11H,7-10H2,1-2H3,(H3,16,17,18);1H. The summed E-state index contributed by atoms with van der Waals surface area (Å²) in [7, 11) is -3.30. The Morgan fingerprint density at radius 3 is 2.45 bits per heavy atom. The average molecular weight is 504 g/mol. The van der Waals surface area contributed by atoms with Gasteiger partial charge in [0.15, 0.2) is 15.8 Å². The third kappa shape index (κ3) is 8.33. The fourth-order valence-corrected chi connectivity index (χ4v) is 2.99. The second-order valence-corrected chi connectivity index (χ2v) is 8.17. The number of sulfone groups is 1. The number of benzene rings is 1. The smallest absolute Gasteiger partial charge is 0.188 e. The molecule has 0 atom stereocenters. The summed E-state index contributed by atoms with van der Waals surface area (Å²) < 4.78 is 25.0. The van der Waals surface area contributed by atoms with E-state index in [1.807, 2.05) is 0 Å². The molecule has 0 spiro atoms. The minimum atomic E-state index is -3.30. The van der Waals surface area contributed by atoms with Crippen molar-refractivity contribution >= 4 is 55.7 Å². The predicted octanol–water partition coefficient (Wildman–Crippen LogP) is 2.79. The maximum atomic E-state index is 12.1. The molecule has 0 aliphatic carbocycles. The molecule has 1 aromatic rings. The molecule has 1 rings (SSSR count). The Morgan fingerprint density at radius 1 is 1.32 bits per heavy atom. The van der Waals surface area contributed by atoms with Crippen molar-refractivity contribution in [2.45, 2.75) is 25.2 Å². The molecule has 0 amide bonds. The first-order chi connectivity index (χ1) is 9.81. The summed E-state index contributed by atoms with van der Waals surface area (Å²) >= 11 is 3.28. The first kappa shape index (κ1) is 21.6. The molecule has 8 heteroatoms. The lowest BCUT2D eigenvalue weighted by atomic mass is 10.1. The maximum absolute atomic E-state index is 12.1. The monoisotopic (exact) mass is 503 g/mol. The number of nitrogens with zero attached hydrogens (tertiary/aromatic N) is 1. The van der Waals surface area contributed by atoms with E-state index >= 15 is 0 Å². The summed E-state index contributed by atoms with van der Waals surface area (Å²) in [5, 5.41) is 2.83. The molecule has 0 aliphatic heterocycles. The lowest BCUT2D eigenvalue weighted by Crippen LogP contribution is -2.35. The lowest BCUT2D eigenvalue weighted by molar-refractivity contribution is 0.593. The van der Waals surface area contributed by atoms with Crippen molar-refractivity contribution in [1.29, 1.82) is 0 Å². The average Bonchev–Trinajstić information content (AvgIpc) is 2.38. The van der Waals surface area contributed by atoms with E-state index in [9.17, 15) is 8.42 Å². The molecular formula is C14H23BrIN3O2S. The van der Waals surface area contributed by atoms with Crippen LogP contribution in [0.15, 0.2) is 38.6 Å². The maximum Gasteiger partial charge on any atom is 0.188 e. The summed E-state index contributed by atoms with van der Waals surface area (Å²) in [4.78, 5) is 4.46. The highest BCUT2D eigenvalue weighted by Gasteiger charge is 2.13. The molecular weight excluding hydrogens is 481 g/mol. The second kappa shape index (κ2) is 10.4. The number of aliphatic imine (C=N–C) groups is 1. The van der Waals surface area contributed by atoms with Crippen molar-refractivity contribution in [3.05, 3.63) is 28.7 Å². The Bertz CT molecular complexity index is 574. The molecule has 0 bridgehead atoms. The van der Waals surface area contributed by atoms with E-state index in [1.165, 1.54) is 0 Å². The van der Waals surface area contributed by atoms with E-state index in [-0.39, 0.29) is 36.3 Å². The van der Waals surface area contributed by atoms with Gasteiger partial charge in [0.05, 0.1) is 10.6 Å². The summed E-state index contributed by atoms with van der Waals surface area (Å²) in [6.45, 7) is 5.12. The molecule has 0 aliphatic rings. The van der Waals surface area contributed by atoms with Gasteiger partial charge in [-0.15, -0.1) is 24.0 Å². The Labute approximate surface area is 158 Å². The van der Waals surface area contributed by atoms with Crippen molar-refractivity contribution in [2.75, 3.05) is 18.8 Å². The molecule has 22 heavy (non-hydrogen) atoms. The van der Waals surface area contributed by atoms with Gasteiger partial charge in [-0.05, 0) is 36.6 Å². The van der Waals surface area contributed by atoms with Crippen LogP contribution in [-0.2, 0) is 9.84 Å². The molecule has 1 aromatic carbocycles. The SMILES string of the molecule is CC(C)CCN=C(N)NCCS(=O)(=O)c1ccc(Br)cc1.I. The van der Waals surface area contributed by atoms with Crippen molar-refractivity contribution in [2.24, 2.45) is 16.6 Å². The van der Waals surface area contributed by atoms with Gasteiger partial charge in [0.1, 0.15) is 0 Å². The van der Waals surface area contributed by atoms with Crippen LogP contribution in [0.2, 0.25) is 0 Å². The van der Waals surface area contributed by atoms with Crippen molar-refractivity contribution < 1.29 is 8.42 Å². The summed E-state index contributed by atoms with van der Waals surface area (Å²) in [6, 6.07) is 6.59. The van der Waals surface area contributed by atoms with Gasteiger partial charge in [-0.1, -0.05) is 29.8 Å². The molecule has 0 aromatic heterocycles. The van der Waals surface area contributed by atoms with E-state index in [0.717, 1.165) is 10.9 Å². The van der Waals surface area contributed by atoms with Gasteiger partial charge in [0.2, 0.25) is 0 Å². The summed E-state index contributed by atoms with van der Waals surface area (Å²) in [5.74, 6) is 0.843.